The van der Waals surface area contributed by atoms with Gasteiger partial charge in [0.25, 0.3) is 0 Å². The summed E-state index contributed by atoms with van der Waals surface area (Å²) < 4.78 is 0. The average molecular weight is 212 g/mol. The molecule has 0 radical (unpaired) electrons. The van der Waals surface area contributed by atoms with Gasteiger partial charge in [0.15, 0.2) is 5.13 Å². The van der Waals surface area contributed by atoms with Crippen molar-refractivity contribution in [2.45, 2.75) is 40.5 Å². The maximum Gasteiger partial charge on any atom is 0.182 e. The van der Waals surface area contributed by atoms with E-state index in [-0.39, 0.29) is 0 Å². The highest BCUT2D eigenvalue weighted by Crippen LogP contribution is 2.37. The van der Waals surface area contributed by atoms with Crippen molar-refractivity contribution < 1.29 is 0 Å². The van der Waals surface area contributed by atoms with Gasteiger partial charge in [0.05, 0.1) is 0 Å². The molecule has 2 nitrogen and oxygen atoms in total. The van der Waals surface area contributed by atoms with Gasteiger partial charge >= 0.3 is 0 Å². The maximum absolute atomic E-state index is 4.35. The molecule has 0 aliphatic carbocycles. The molecule has 0 fully saturated rings. The normalized spacial score (nSPS) is 14.1. The van der Waals surface area contributed by atoms with E-state index in [1.807, 2.05) is 6.20 Å². The van der Waals surface area contributed by atoms with Crippen LogP contribution in [0.15, 0.2) is 6.20 Å². The third kappa shape index (κ3) is 2.71. The Hall–Kier alpha value is -0.570. The molecule has 1 heterocycles. The van der Waals surface area contributed by atoms with Crippen LogP contribution in [0, 0.1) is 5.41 Å². The Balaban J connectivity index is 2.76. The van der Waals surface area contributed by atoms with Crippen molar-refractivity contribution in [2.24, 2.45) is 5.41 Å². The second kappa shape index (κ2) is 4.30. The van der Waals surface area contributed by atoms with Gasteiger partial charge in [-0.05, 0) is 18.3 Å². The molecule has 0 amide bonds. The summed E-state index contributed by atoms with van der Waals surface area (Å²) in [6.07, 6.45) is 2.00. The Kier molecular flexibility index (Phi) is 3.53. The van der Waals surface area contributed by atoms with Gasteiger partial charge in [0, 0.05) is 17.6 Å². The van der Waals surface area contributed by atoms with E-state index in [2.05, 4.69) is 44.9 Å². The van der Waals surface area contributed by atoms with Gasteiger partial charge < -0.3 is 5.32 Å². The summed E-state index contributed by atoms with van der Waals surface area (Å²) in [5, 5.41) is 4.28. The van der Waals surface area contributed by atoms with E-state index in [1.54, 1.807) is 11.3 Å². The third-order valence-corrected chi connectivity index (χ3v) is 3.72. The average Bonchev–Trinajstić information content (AvgIpc) is 2.50. The van der Waals surface area contributed by atoms with E-state index in [1.165, 1.54) is 4.88 Å². The standard InChI is InChI=1S/C11H20N2S/c1-6-12-10-13-7-9(14-10)8(2)11(3,4)5/h7-8H,6H2,1-5H3,(H,12,13). The zero-order chi connectivity index (χ0) is 10.8. The zero-order valence-electron chi connectivity index (χ0n) is 9.72. The predicted molar refractivity (Wildman–Crippen MR) is 64.1 cm³/mol. The van der Waals surface area contributed by atoms with Crippen LogP contribution in [0.3, 0.4) is 0 Å². The summed E-state index contributed by atoms with van der Waals surface area (Å²) in [6.45, 7) is 12.1. The molecule has 0 saturated carbocycles. The molecule has 1 N–H and O–H groups in total. The Labute approximate surface area is 90.8 Å². The minimum Gasteiger partial charge on any atom is -0.362 e. The number of hydrogen-bond donors (Lipinski definition) is 1. The monoisotopic (exact) mass is 212 g/mol. The number of nitrogens with one attached hydrogen (secondary N) is 1. The lowest BCUT2D eigenvalue weighted by atomic mass is 9.81. The smallest absolute Gasteiger partial charge is 0.182 e. The summed E-state index contributed by atoms with van der Waals surface area (Å²) in [6, 6.07) is 0. The molecule has 1 rings (SSSR count). The minimum atomic E-state index is 0.315. The molecule has 1 atom stereocenters. The van der Waals surface area contributed by atoms with Gasteiger partial charge in [-0.1, -0.05) is 27.7 Å². The summed E-state index contributed by atoms with van der Waals surface area (Å²) in [5.74, 6) is 0.562. The molecule has 3 heteroatoms. The van der Waals surface area contributed by atoms with Crippen LogP contribution in [0.2, 0.25) is 0 Å². The first kappa shape index (κ1) is 11.5. The molecular weight excluding hydrogens is 192 g/mol. The molecule has 0 aliphatic heterocycles. The predicted octanol–water partition coefficient (Wildman–Crippen LogP) is 3.72. The fourth-order valence-electron chi connectivity index (χ4n) is 1.15. The summed E-state index contributed by atoms with van der Waals surface area (Å²) in [7, 11) is 0. The van der Waals surface area contributed by atoms with Gasteiger partial charge in [0.2, 0.25) is 0 Å². The first-order chi connectivity index (χ1) is 6.45. The quantitative estimate of drug-likeness (QED) is 0.826. The van der Waals surface area contributed by atoms with E-state index >= 15 is 0 Å². The summed E-state index contributed by atoms with van der Waals surface area (Å²) >= 11 is 1.77. The molecule has 0 aliphatic rings. The van der Waals surface area contributed by atoms with Gasteiger partial charge in [-0.25, -0.2) is 4.98 Å². The van der Waals surface area contributed by atoms with Gasteiger partial charge in [-0.2, -0.15) is 0 Å². The number of nitrogens with zero attached hydrogens (tertiary/aromatic N) is 1. The van der Waals surface area contributed by atoms with Crippen LogP contribution in [0.25, 0.3) is 0 Å². The van der Waals surface area contributed by atoms with Gasteiger partial charge in [-0.15, -0.1) is 11.3 Å². The molecular formula is C11H20N2S. The van der Waals surface area contributed by atoms with Crippen molar-refractivity contribution in [3.05, 3.63) is 11.1 Å². The molecule has 0 saturated heterocycles. The SMILES string of the molecule is CCNc1ncc(C(C)C(C)(C)C)s1. The Morgan fingerprint density at radius 1 is 1.50 bits per heavy atom. The molecule has 1 unspecified atom stereocenters. The lowest BCUT2D eigenvalue weighted by Gasteiger charge is -2.25. The van der Waals surface area contributed by atoms with E-state index in [4.69, 9.17) is 0 Å². The largest absolute Gasteiger partial charge is 0.362 e. The highest BCUT2D eigenvalue weighted by molar-refractivity contribution is 7.15. The Morgan fingerprint density at radius 3 is 2.64 bits per heavy atom. The number of thiazole rings is 1. The minimum absolute atomic E-state index is 0.315. The first-order valence-corrected chi connectivity index (χ1v) is 5.96. The topological polar surface area (TPSA) is 24.9 Å². The van der Waals surface area contributed by atoms with Crippen LogP contribution in [0.5, 0.6) is 0 Å². The number of anilines is 1. The molecule has 0 aromatic carbocycles. The van der Waals surface area contributed by atoms with E-state index < -0.39 is 0 Å². The van der Waals surface area contributed by atoms with Crippen molar-refractivity contribution in [1.29, 1.82) is 0 Å². The fourth-order valence-corrected chi connectivity index (χ4v) is 2.33. The second-order valence-corrected chi connectivity index (χ2v) is 5.75. The van der Waals surface area contributed by atoms with Crippen molar-refractivity contribution in [3.8, 4) is 0 Å². The maximum atomic E-state index is 4.35. The van der Waals surface area contributed by atoms with Crippen LogP contribution in [-0.2, 0) is 0 Å². The van der Waals surface area contributed by atoms with Crippen molar-refractivity contribution in [1.82, 2.24) is 4.98 Å². The lowest BCUT2D eigenvalue weighted by Crippen LogP contribution is -2.13. The highest BCUT2D eigenvalue weighted by atomic mass is 32.1. The fraction of sp³-hybridized carbons (Fsp3) is 0.727. The van der Waals surface area contributed by atoms with Gasteiger partial charge in [0.1, 0.15) is 0 Å². The van der Waals surface area contributed by atoms with Crippen LogP contribution in [0.1, 0.15) is 45.4 Å². The Bertz CT molecular complexity index is 286. The highest BCUT2D eigenvalue weighted by Gasteiger charge is 2.23. The zero-order valence-corrected chi connectivity index (χ0v) is 10.5. The van der Waals surface area contributed by atoms with Crippen LogP contribution in [0.4, 0.5) is 5.13 Å². The van der Waals surface area contributed by atoms with E-state index in [9.17, 15) is 0 Å². The number of hydrogen-bond acceptors (Lipinski definition) is 3. The number of aromatic nitrogens is 1. The third-order valence-electron chi connectivity index (χ3n) is 2.58. The van der Waals surface area contributed by atoms with Crippen molar-refractivity contribution in [2.75, 3.05) is 11.9 Å². The first-order valence-electron chi connectivity index (χ1n) is 5.14. The Morgan fingerprint density at radius 2 is 2.14 bits per heavy atom. The summed E-state index contributed by atoms with van der Waals surface area (Å²) in [5.41, 5.74) is 0.315. The molecule has 80 valence electrons. The van der Waals surface area contributed by atoms with Crippen molar-refractivity contribution >= 4 is 16.5 Å². The lowest BCUT2D eigenvalue weighted by molar-refractivity contribution is 0.343. The molecule has 1 aromatic rings. The second-order valence-electron chi connectivity index (χ2n) is 4.69. The molecule has 14 heavy (non-hydrogen) atoms. The van der Waals surface area contributed by atoms with Crippen molar-refractivity contribution in [3.63, 3.8) is 0 Å². The summed E-state index contributed by atoms with van der Waals surface area (Å²) in [4.78, 5) is 5.72. The van der Waals surface area contributed by atoms with Crippen LogP contribution < -0.4 is 5.32 Å². The van der Waals surface area contributed by atoms with Crippen LogP contribution >= 0.6 is 11.3 Å². The van der Waals surface area contributed by atoms with E-state index in [0.29, 0.717) is 11.3 Å². The van der Waals surface area contributed by atoms with Crippen LogP contribution in [-0.4, -0.2) is 11.5 Å². The number of rotatable bonds is 3. The molecule has 0 spiro atoms. The van der Waals surface area contributed by atoms with Gasteiger partial charge in [-0.3, -0.25) is 0 Å². The molecule has 1 aromatic heterocycles. The molecule has 0 bridgehead atoms. The van der Waals surface area contributed by atoms with E-state index in [0.717, 1.165) is 11.7 Å².